The fourth-order valence-electron chi connectivity index (χ4n) is 10.2. The van der Waals surface area contributed by atoms with Crippen LogP contribution in [0.5, 0.6) is 11.5 Å². The largest absolute Gasteiger partial charge is 0.490 e. The highest BCUT2D eigenvalue weighted by Crippen LogP contribution is 2.41. The van der Waals surface area contributed by atoms with Gasteiger partial charge in [-0.15, -0.1) is 32.9 Å². The van der Waals surface area contributed by atoms with Crippen molar-refractivity contribution in [3.8, 4) is 26.9 Å². The Bertz CT molecular complexity index is 3170. The summed E-state index contributed by atoms with van der Waals surface area (Å²) in [6.07, 6.45) is -0.321. The molecule has 1 aliphatic carbocycles. The number of thiazole rings is 1. The first-order valence-electron chi connectivity index (χ1n) is 25.0. The van der Waals surface area contributed by atoms with E-state index in [0.29, 0.717) is 35.2 Å². The second kappa shape index (κ2) is 20.3. The van der Waals surface area contributed by atoms with Crippen LogP contribution in [-0.2, 0) is 25.6 Å². The van der Waals surface area contributed by atoms with Gasteiger partial charge < -0.3 is 35.4 Å². The van der Waals surface area contributed by atoms with Crippen LogP contribution in [0.15, 0.2) is 77.2 Å². The van der Waals surface area contributed by atoms with Crippen molar-refractivity contribution in [2.75, 3.05) is 6.54 Å². The molecule has 0 spiro atoms. The summed E-state index contributed by atoms with van der Waals surface area (Å²) in [5.74, 6) is 0.975. The highest BCUT2D eigenvalue weighted by atomic mass is 35.5. The first-order valence-corrected chi connectivity index (χ1v) is 27.1. The van der Waals surface area contributed by atoms with Gasteiger partial charge in [0.1, 0.15) is 46.6 Å². The number of β-amino-alcohol motifs (C(OH)–C–C–N with tert-alkyl or cyclic N) is 1. The van der Waals surface area contributed by atoms with E-state index in [4.69, 9.17) is 26.1 Å². The molecule has 16 nitrogen and oxygen atoms in total. The van der Waals surface area contributed by atoms with Gasteiger partial charge in [0.2, 0.25) is 17.7 Å². The summed E-state index contributed by atoms with van der Waals surface area (Å²) < 4.78 is 14.6. The number of likely N-dealkylation sites (tertiary alicyclic amines) is 1. The Morgan fingerprint density at radius 2 is 1.66 bits per heavy atom. The SMILES string of the molecule is Cc1ncsc1-c1ccc([C@H](C)NC(=O)[C@@H]2C[C@@H](O)CN2C(=O)[C@@H](NC(=O)[C@H]2Cc3ccc(OC4CC(NC(=O)C[C@@H]5N=C(c6ccc(Cl)cc6)c6c(sc(C)c6C)-n6c(C)nnc65)C4)cc3O2)C(C)(C)C)cc1. The minimum Gasteiger partial charge on any atom is -0.490 e. The normalized spacial score (nSPS) is 21.7. The number of benzene rings is 3. The molecule has 2 fully saturated rings. The van der Waals surface area contributed by atoms with E-state index in [1.165, 1.54) is 9.78 Å². The van der Waals surface area contributed by atoms with Crippen LogP contribution in [0.4, 0.5) is 0 Å². The fourth-order valence-corrected chi connectivity index (χ4v) is 12.4. The van der Waals surface area contributed by atoms with E-state index in [1.807, 2.05) is 112 Å². The number of halogens is 1. The third kappa shape index (κ3) is 10.2. The van der Waals surface area contributed by atoms with Crippen LogP contribution in [0, 0.1) is 33.1 Å². The number of hydrogen-bond donors (Lipinski definition) is 4. The Morgan fingerprint density at radius 3 is 2.36 bits per heavy atom. The van der Waals surface area contributed by atoms with Crippen molar-refractivity contribution < 1.29 is 33.8 Å². The van der Waals surface area contributed by atoms with Gasteiger partial charge in [0.05, 0.1) is 40.4 Å². The molecule has 3 aromatic heterocycles. The van der Waals surface area contributed by atoms with E-state index in [0.717, 1.165) is 60.5 Å². The molecule has 6 heterocycles. The van der Waals surface area contributed by atoms with Crippen molar-refractivity contribution in [1.29, 1.82) is 0 Å². The lowest BCUT2D eigenvalue weighted by Crippen LogP contribution is -2.59. The molecule has 3 aliphatic heterocycles. The molecule has 6 aromatic rings. The third-order valence-corrected chi connectivity index (χ3v) is 17.0. The van der Waals surface area contributed by atoms with Gasteiger partial charge in [0.25, 0.3) is 5.91 Å². The molecule has 1 saturated heterocycles. The molecule has 4 N–H and O–H groups in total. The maximum absolute atomic E-state index is 14.4. The van der Waals surface area contributed by atoms with Gasteiger partial charge in [-0.1, -0.05) is 74.8 Å². The van der Waals surface area contributed by atoms with E-state index in [1.54, 1.807) is 28.7 Å². The Balaban J connectivity index is 0.732. The average molecular weight is 1060 g/mol. The number of carbonyl (C=O) groups is 4. The van der Waals surface area contributed by atoms with Crippen LogP contribution < -0.4 is 25.4 Å². The number of hydrogen-bond acceptors (Lipinski definition) is 13. The number of aliphatic hydroxyl groups excluding tert-OH is 1. The molecule has 6 atom stereocenters. The molecule has 0 radical (unpaired) electrons. The quantitative estimate of drug-likeness (QED) is 0.0878. The molecule has 0 unspecified atom stereocenters. The zero-order valence-corrected chi connectivity index (χ0v) is 45.0. The Morgan fingerprint density at radius 1 is 0.932 bits per heavy atom. The van der Waals surface area contributed by atoms with Gasteiger partial charge in [0, 0.05) is 65.4 Å². The van der Waals surface area contributed by atoms with Crippen molar-refractivity contribution in [2.45, 2.75) is 136 Å². The van der Waals surface area contributed by atoms with Crippen LogP contribution in [-0.4, -0.2) is 102 Å². The minimum absolute atomic E-state index is 0.0397. The third-order valence-electron chi connectivity index (χ3n) is 14.5. The number of aromatic nitrogens is 4. The zero-order chi connectivity index (χ0) is 52.3. The zero-order valence-electron chi connectivity index (χ0n) is 42.6. The van der Waals surface area contributed by atoms with E-state index in [2.05, 4.69) is 45.0 Å². The van der Waals surface area contributed by atoms with Crippen molar-refractivity contribution in [2.24, 2.45) is 10.4 Å². The van der Waals surface area contributed by atoms with Crippen LogP contribution in [0.2, 0.25) is 5.02 Å². The molecule has 74 heavy (non-hydrogen) atoms. The average Bonchev–Trinajstić information content (AvgIpc) is 4.19. The number of ether oxygens (including phenoxy) is 2. The molecule has 19 heteroatoms. The molecule has 386 valence electrons. The topological polar surface area (TPSA) is 202 Å². The number of thiophene rings is 1. The molecule has 0 bridgehead atoms. The van der Waals surface area contributed by atoms with Gasteiger partial charge in [-0.2, -0.15) is 0 Å². The monoisotopic (exact) mass is 1060 g/mol. The van der Waals surface area contributed by atoms with Crippen LogP contribution in [0.1, 0.15) is 115 Å². The highest BCUT2D eigenvalue weighted by Gasteiger charge is 2.46. The number of amides is 4. The van der Waals surface area contributed by atoms with Gasteiger partial charge in [-0.25, -0.2) is 4.98 Å². The number of nitrogens with one attached hydrogen (secondary N) is 3. The summed E-state index contributed by atoms with van der Waals surface area (Å²) in [5, 5.41) is 30.5. The first kappa shape index (κ1) is 51.0. The van der Waals surface area contributed by atoms with E-state index >= 15 is 0 Å². The molecule has 4 aliphatic rings. The Labute approximate surface area is 443 Å². The minimum atomic E-state index is -1.02. The van der Waals surface area contributed by atoms with Gasteiger partial charge >= 0.3 is 0 Å². The summed E-state index contributed by atoms with van der Waals surface area (Å²) in [4.78, 5) is 69.2. The van der Waals surface area contributed by atoms with E-state index < -0.39 is 47.6 Å². The summed E-state index contributed by atoms with van der Waals surface area (Å²) in [6, 6.07) is 18.0. The summed E-state index contributed by atoms with van der Waals surface area (Å²) in [5.41, 5.74) is 8.59. The molecule has 4 amide bonds. The number of aryl methyl sites for hydroxylation is 3. The number of fused-ring (bicyclic) bond motifs is 4. The van der Waals surface area contributed by atoms with Gasteiger partial charge in [-0.3, -0.25) is 28.7 Å². The molecular formula is C55H60ClN9O7S2. The number of carbonyl (C=O) groups excluding carboxylic acids is 4. The lowest BCUT2D eigenvalue weighted by molar-refractivity contribution is -0.145. The number of aliphatic hydroxyl groups is 1. The lowest BCUT2D eigenvalue weighted by atomic mass is 9.85. The van der Waals surface area contributed by atoms with E-state index in [-0.39, 0.29) is 55.8 Å². The fraction of sp³-hybridized carbons (Fsp3) is 0.418. The maximum atomic E-state index is 14.4. The number of nitrogens with zero attached hydrogens (tertiary/aromatic N) is 6. The van der Waals surface area contributed by atoms with Crippen LogP contribution in [0.3, 0.4) is 0 Å². The predicted octanol–water partition coefficient (Wildman–Crippen LogP) is 8.02. The summed E-state index contributed by atoms with van der Waals surface area (Å²) >= 11 is 9.51. The van der Waals surface area contributed by atoms with E-state index in [9.17, 15) is 24.3 Å². The summed E-state index contributed by atoms with van der Waals surface area (Å²) in [6.45, 7) is 15.5. The van der Waals surface area contributed by atoms with Gasteiger partial charge in [0.15, 0.2) is 11.9 Å². The standard InChI is InChI=1S/C55H60ClN9O7S2/c1-27-30(4)74-54-46(27)47(33-13-16-36(56)17-14-33)60-41(50-63-62-31(5)65(50)54)24-45(67)59-37-20-40(21-37)71-39-18-15-35-19-44(72-43(35)23-39)52(69)61-49(55(6,7)8)53(70)64-25-38(66)22-42(64)51(68)58-28(2)32-9-11-34(12-10-32)48-29(3)57-26-73-48/h9-18,23,26,28,37-38,40-42,44,49,66H,19-22,24-25H2,1-8H3,(H,58,68)(H,59,67)(H,61,69)/t28-,37?,38+,40?,41-,42-,44+,49+/m0/s1. The molecule has 10 rings (SSSR count). The van der Waals surface area contributed by atoms with Crippen molar-refractivity contribution in [1.82, 2.24) is 40.6 Å². The maximum Gasteiger partial charge on any atom is 0.262 e. The number of rotatable bonds is 13. The molecule has 1 saturated carbocycles. The van der Waals surface area contributed by atoms with Gasteiger partial charge in [-0.05, 0) is 80.5 Å². The lowest BCUT2D eigenvalue weighted by Gasteiger charge is -2.36. The number of aliphatic imine (C=N–C) groups is 1. The molecular weight excluding hydrogens is 998 g/mol. The van der Waals surface area contributed by atoms with Crippen LogP contribution >= 0.6 is 34.3 Å². The second-order valence-electron chi connectivity index (χ2n) is 21.0. The highest BCUT2D eigenvalue weighted by molar-refractivity contribution is 7.15. The Kier molecular flexibility index (Phi) is 14.0. The van der Waals surface area contributed by atoms with Crippen molar-refractivity contribution in [3.05, 3.63) is 127 Å². The summed E-state index contributed by atoms with van der Waals surface area (Å²) in [7, 11) is 0. The van der Waals surface area contributed by atoms with Crippen molar-refractivity contribution >= 4 is 63.6 Å². The predicted molar refractivity (Wildman–Crippen MR) is 284 cm³/mol. The van der Waals surface area contributed by atoms with Crippen molar-refractivity contribution in [3.63, 3.8) is 0 Å². The van der Waals surface area contributed by atoms with Crippen LogP contribution in [0.25, 0.3) is 15.4 Å². The first-order chi connectivity index (χ1) is 35.3. The molecule has 3 aromatic carbocycles. The second-order valence-corrected chi connectivity index (χ2v) is 23.5. The Hall–Kier alpha value is -6.47. The smallest absolute Gasteiger partial charge is 0.262 e.